The maximum Gasteiger partial charge on any atom is 0.304 e. The fourth-order valence-electron chi connectivity index (χ4n) is 1.49. The summed E-state index contributed by atoms with van der Waals surface area (Å²) in [5.41, 5.74) is 1.66. The van der Waals surface area contributed by atoms with Crippen LogP contribution in [0.2, 0.25) is 0 Å². The smallest absolute Gasteiger partial charge is 0.304 e. The van der Waals surface area contributed by atoms with Crippen LogP contribution in [0.1, 0.15) is 24.2 Å². The summed E-state index contributed by atoms with van der Waals surface area (Å²) in [6.45, 7) is 1.35. The summed E-state index contributed by atoms with van der Waals surface area (Å²) in [6.07, 6.45) is 5.14. The van der Waals surface area contributed by atoms with Gasteiger partial charge in [0.25, 0.3) is 0 Å². The molecule has 1 aromatic carbocycles. The van der Waals surface area contributed by atoms with Gasteiger partial charge in [-0.05, 0) is 12.0 Å². The molecule has 0 heterocycles. The van der Waals surface area contributed by atoms with Crippen LogP contribution in [0.15, 0.2) is 24.3 Å². The van der Waals surface area contributed by atoms with Crippen molar-refractivity contribution in [2.24, 2.45) is 0 Å². The molecule has 0 saturated carbocycles. The minimum atomic E-state index is -0.680. The Bertz CT molecular complexity index is 404. The zero-order valence-electron chi connectivity index (χ0n) is 9.14. The molecular weight excluding hydrogens is 204 g/mol. The topological polar surface area (TPSA) is 46.5 Å². The van der Waals surface area contributed by atoms with E-state index in [4.69, 9.17) is 16.3 Å². The summed E-state index contributed by atoms with van der Waals surface area (Å²) in [5.74, 6) is 2.01. The van der Waals surface area contributed by atoms with Gasteiger partial charge in [0.15, 0.2) is 6.10 Å². The first kappa shape index (κ1) is 12.3. The van der Waals surface area contributed by atoms with Gasteiger partial charge in [0.05, 0.1) is 0 Å². The number of aliphatic hydroxyl groups is 1. The second-order valence-corrected chi connectivity index (χ2v) is 3.33. The molecule has 3 nitrogen and oxygen atoms in total. The Balaban J connectivity index is 3.00. The highest BCUT2D eigenvalue weighted by molar-refractivity contribution is 5.66. The van der Waals surface area contributed by atoms with E-state index >= 15 is 0 Å². The van der Waals surface area contributed by atoms with Crippen LogP contribution in [0.5, 0.6) is 0 Å². The van der Waals surface area contributed by atoms with Gasteiger partial charge in [-0.15, -0.1) is 6.42 Å². The highest BCUT2D eigenvalue weighted by Crippen LogP contribution is 2.21. The summed E-state index contributed by atoms with van der Waals surface area (Å²) in [7, 11) is 0. The molecule has 0 aliphatic heterocycles. The van der Waals surface area contributed by atoms with Gasteiger partial charge in [-0.3, -0.25) is 4.79 Å². The first-order valence-corrected chi connectivity index (χ1v) is 5.01. The number of carbonyl (C=O) groups is 1. The van der Waals surface area contributed by atoms with Crippen molar-refractivity contribution in [3.63, 3.8) is 0 Å². The van der Waals surface area contributed by atoms with E-state index in [1.807, 2.05) is 18.2 Å². The van der Waals surface area contributed by atoms with Gasteiger partial charge in [0.1, 0.15) is 0 Å². The number of benzene rings is 1. The minimum absolute atomic E-state index is 0.0361. The molecule has 0 aliphatic rings. The minimum Gasteiger partial charge on any atom is -0.444 e. The molecule has 0 amide bonds. The third-order valence-electron chi connectivity index (χ3n) is 2.15. The SMILES string of the molecule is C#CC(OC(C)=O)c1ccccc1CCO. The molecule has 84 valence electrons. The summed E-state index contributed by atoms with van der Waals surface area (Å²) in [5, 5.41) is 8.92. The average Bonchev–Trinajstić information content (AvgIpc) is 2.27. The molecule has 1 aromatic rings. The number of ether oxygens (including phenoxy) is 1. The summed E-state index contributed by atoms with van der Waals surface area (Å²) < 4.78 is 5.02. The molecule has 1 rings (SSSR count). The third-order valence-corrected chi connectivity index (χ3v) is 2.15. The zero-order chi connectivity index (χ0) is 12.0. The third kappa shape index (κ3) is 3.11. The van der Waals surface area contributed by atoms with E-state index < -0.39 is 12.1 Å². The Kier molecular flexibility index (Phi) is 4.56. The lowest BCUT2D eigenvalue weighted by atomic mass is 10.0. The van der Waals surface area contributed by atoms with Crippen LogP contribution in [0.3, 0.4) is 0 Å². The number of esters is 1. The maximum atomic E-state index is 10.9. The van der Waals surface area contributed by atoms with E-state index in [0.29, 0.717) is 6.42 Å². The lowest BCUT2D eigenvalue weighted by Gasteiger charge is -2.15. The van der Waals surface area contributed by atoms with Crippen molar-refractivity contribution in [2.45, 2.75) is 19.4 Å². The molecule has 1 unspecified atom stereocenters. The fraction of sp³-hybridized carbons (Fsp3) is 0.308. The van der Waals surface area contributed by atoms with Gasteiger partial charge in [-0.2, -0.15) is 0 Å². The van der Waals surface area contributed by atoms with Crippen molar-refractivity contribution in [3.8, 4) is 12.3 Å². The van der Waals surface area contributed by atoms with E-state index in [1.54, 1.807) is 6.07 Å². The highest BCUT2D eigenvalue weighted by Gasteiger charge is 2.14. The molecule has 0 radical (unpaired) electrons. The van der Waals surface area contributed by atoms with Crippen LogP contribution in [0, 0.1) is 12.3 Å². The molecule has 1 atom stereocenters. The number of rotatable bonds is 4. The van der Waals surface area contributed by atoms with E-state index in [0.717, 1.165) is 11.1 Å². The van der Waals surface area contributed by atoms with Crippen molar-refractivity contribution in [1.82, 2.24) is 0 Å². The average molecular weight is 218 g/mol. The Labute approximate surface area is 95.1 Å². The van der Waals surface area contributed by atoms with Gasteiger partial charge in [-0.1, -0.05) is 30.2 Å². The first-order chi connectivity index (χ1) is 7.69. The van der Waals surface area contributed by atoms with Gasteiger partial charge >= 0.3 is 5.97 Å². The van der Waals surface area contributed by atoms with Gasteiger partial charge in [0, 0.05) is 19.1 Å². The predicted molar refractivity (Wildman–Crippen MR) is 60.6 cm³/mol. The van der Waals surface area contributed by atoms with E-state index in [9.17, 15) is 4.79 Å². The van der Waals surface area contributed by atoms with Gasteiger partial charge in [-0.25, -0.2) is 0 Å². The second kappa shape index (κ2) is 5.94. The van der Waals surface area contributed by atoms with Crippen molar-refractivity contribution >= 4 is 5.97 Å². The van der Waals surface area contributed by atoms with Crippen molar-refractivity contribution < 1.29 is 14.6 Å². The number of aliphatic hydroxyl groups excluding tert-OH is 1. The van der Waals surface area contributed by atoms with Gasteiger partial charge in [0.2, 0.25) is 0 Å². The monoisotopic (exact) mass is 218 g/mol. The Morgan fingerprint density at radius 3 is 2.81 bits per heavy atom. The first-order valence-electron chi connectivity index (χ1n) is 5.01. The summed E-state index contributed by atoms with van der Waals surface area (Å²) in [6, 6.07) is 7.34. The largest absolute Gasteiger partial charge is 0.444 e. The lowest BCUT2D eigenvalue weighted by Crippen LogP contribution is -2.09. The molecule has 0 fully saturated rings. The van der Waals surface area contributed by atoms with E-state index in [-0.39, 0.29) is 6.61 Å². The Morgan fingerprint density at radius 1 is 1.56 bits per heavy atom. The van der Waals surface area contributed by atoms with Crippen molar-refractivity contribution in [1.29, 1.82) is 0 Å². The summed E-state index contributed by atoms with van der Waals surface area (Å²) >= 11 is 0. The molecule has 1 N–H and O–H groups in total. The molecule has 0 spiro atoms. The fourth-order valence-corrected chi connectivity index (χ4v) is 1.49. The molecular formula is C13H14O3. The van der Waals surface area contributed by atoms with Crippen LogP contribution in [0.4, 0.5) is 0 Å². The second-order valence-electron chi connectivity index (χ2n) is 3.33. The molecule has 0 bridgehead atoms. The quantitative estimate of drug-likeness (QED) is 0.614. The van der Waals surface area contributed by atoms with Gasteiger partial charge < -0.3 is 9.84 Å². The normalized spacial score (nSPS) is 11.6. The Morgan fingerprint density at radius 2 is 2.25 bits per heavy atom. The molecule has 16 heavy (non-hydrogen) atoms. The lowest BCUT2D eigenvalue weighted by molar-refractivity contribution is -0.144. The van der Waals surface area contributed by atoms with Crippen LogP contribution < -0.4 is 0 Å². The van der Waals surface area contributed by atoms with Crippen LogP contribution in [-0.2, 0) is 16.0 Å². The molecule has 0 saturated heterocycles. The van der Waals surface area contributed by atoms with E-state index in [2.05, 4.69) is 5.92 Å². The number of hydrogen-bond donors (Lipinski definition) is 1. The maximum absolute atomic E-state index is 10.9. The van der Waals surface area contributed by atoms with Crippen molar-refractivity contribution in [2.75, 3.05) is 6.61 Å². The molecule has 0 aliphatic carbocycles. The van der Waals surface area contributed by atoms with Crippen LogP contribution in [0.25, 0.3) is 0 Å². The number of terminal acetylenes is 1. The Hall–Kier alpha value is -1.79. The standard InChI is InChI=1S/C13H14O3/c1-3-13(16-10(2)15)12-7-5-4-6-11(12)8-9-14/h1,4-7,13-14H,8-9H2,2H3. The number of hydrogen-bond acceptors (Lipinski definition) is 3. The van der Waals surface area contributed by atoms with Crippen LogP contribution >= 0.6 is 0 Å². The molecule has 0 aromatic heterocycles. The van der Waals surface area contributed by atoms with E-state index in [1.165, 1.54) is 6.92 Å². The predicted octanol–water partition coefficient (Wildman–Crippen LogP) is 1.46. The van der Waals surface area contributed by atoms with Crippen LogP contribution in [-0.4, -0.2) is 17.7 Å². The molecule has 3 heteroatoms. The highest BCUT2D eigenvalue weighted by atomic mass is 16.5. The van der Waals surface area contributed by atoms with Crippen molar-refractivity contribution in [3.05, 3.63) is 35.4 Å². The zero-order valence-corrected chi connectivity index (χ0v) is 9.14. The number of carbonyl (C=O) groups excluding carboxylic acids is 1. The summed E-state index contributed by atoms with van der Waals surface area (Å²) in [4.78, 5) is 10.9.